The van der Waals surface area contributed by atoms with Crippen LogP contribution in [0, 0.1) is 5.41 Å². The van der Waals surface area contributed by atoms with E-state index >= 15 is 0 Å². The van der Waals surface area contributed by atoms with Gasteiger partial charge < -0.3 is 10.2 Å². The first-order chi connectivity index (χ1) is 8.48. The van der Waals surface area contributed by atoms with Crippen LogP contribution in [0.4, 0.5) is 0 Å². The van der Waals surface area contributed by atoms with E-state index in [0.29, 0.717) is 10.6 Å². The lowest BCUT2D eigenvalue weighted by Crippen LogP contribution is -2.39. The highest BCUT2D eigenvalue weighted by Gasteiger charge is 2.27. The van der Waals surface area contributed by atoms with E-state index in [1.807, 2.05) is 4.90 Å². The topological polar surface area (TPSA) is 32.3 Å². The third-order valence-corrected chi connectivity index (χ3v) is 3.41. The summed E-state index contributed by atoms with van der Waals surface area (Å²) in [4.78, 5) is 14.3. The van der Waals surface area contributed by atoms with E-state index in [0.717, 1.165) is 26.2 Å². The van der Waals surface area contributed by atoms with Crippen LogP contribution in [0.3, 0.4) is 0 Å². The average molecular weight is 267 g/mol. The maximum absolute atomic E-state index is 12.4. The van der Waals surface area contributed by atoms with Crippen LogP contribution in [0.2, 0.25) is 5.02 Å². The molecule has 1 saturated heterocycles. The second kappa shape index (κ2) is 5.29. The van der Waals surface area contributed by atoms with Gasteiger partial charge in [-0.2, -0.15) is 0 Å². The molecule has 3 nitrogen and oxygen atoms in total. The smallest absolute Gasteiger partial charge is 0.253 e. The first kappa shape index (κ1) is 13.4. The molecule has 1 aromatic rings. The van der Waals surface area contributed by atoms with Crippen LogP contribution in [0.1, 0.15) is 24.2 Å². The summed E-state index contributed by atoms with van der Waals surface area (Å²) >= 11 is 5.84. The van der Waals surface area contributed by atoms with Crippen molar-refractivity contribution >= 4 is 17.5 Å². The van der Waals surface area contributed by atoms with Gasteiger partial charge in [-0.25, -0.2) is 0 Å². The van der Waals surface area contributed by atoms with E-state index in [-0.39, 0.29) is 11.3 Å². The van der Waals surface area contributed by atoms with Gasteiger partial charge in [-0.1, -0.05) is 25.4 Å². The lowest BCUT2D eigenvalue weighted by molar-refractivity contribution is 0.0717. The summed E-state index contributed by atoms with van der Waals surface area (Å²) in [6.45, 7) is 7.67. The summed E-state index contributed by atoms with van der Waals surface area (Å²) in [6.07, 6.45) is 0. The molecule has 1 aliphatic rings. The molecule has 4 heteroatoms. The first-order valence-corrected chi connectivity index (χ1v) is 6.61. The molecule has 0 spiro atoms. The van der Waals surface area contributed by atoms with Crippen LogP contribution in [0.15, 0.2) is 24.3 Å². The quantitative estimate of drug-likeness (QED) is 0.847. The zero-order valence-corrected chi connectivity index (χ0v) is 11.6. The molecular formula is C14H19ClN2O. The van der Waals surface area contributed by atoms with Gasteiger partial charge in [0.15, 0.2) is 0 Å². The summed E-state index contributed by atoms with van der Waals surface area (Å²) < 4.78 is 0. The van der Waals surface area contributed by atoms with Crippen molar-refractivity contribution in [3.05, 3.63) is 34.9 Å². The maximum atomic E-state index is 12.4. The average Bonchev–Trinajstić information content (AvgIpc) is 2.50. The van der Waals surface area contributed by atoms with Gasteiger partial charge >= 0.3 is 0 Å². The van der Waals surface area contributed by atoms with E-state index in [1.54, 1.807) is 24.3 Å². The van der Waals surface area contributed by atoms with E-state index in [2.05, 4.69) is 19.2 Å². The van der Waals surface area contributed by atoms with Gasteiger partial charge in [0.2, 0.25) is 0 Å². The van der Waals surface area contributed by atoms with Crippen molar-refractivity contribution in [2.45, 2.75) is 13.8 Å². The number of carbonyl (C=O) groups is 1. The molecule has 0 bridgehead atoms. The normalized spacial score (nSPS) is 19.4. The molecule has 1 aromatic carbocycles. The lowest BCUT2D eigenvalue weighted by atomic mass is 9.93. The molecule has 0 unspecified atom stereocenters. The Morgan fingerprint density at radius 1 is 1.33 bits per heavy atom. The fraction of sp³-hybridized carbons (Fsp3) is 0.500. The van der Waals surface area contributed by atoms with Crippen molar-refractivity contribution in [2.24, 2.45) is 5.41 Å². The van der Waals surface area contributed by atoms with Gasteiger partial charge in [0.1, 0.15) is 0 Å². The summed E-state index contributed by atoms with van der Waals surface area (Å²) in [5, 5.41) is 4.02. The van der Waals surface area contributed by atoms with Crippen molar-refractivity contribution in [1.29, 1.82) is 0 Å². The molecule has 0 saturated carbocycles. The fourth-order valence-electron chi connectivity index (χ4n) is 2.24. The van der Waals surface area contributed by atoms with Crippen molar-refractivity contribution in [1.82, 2.24) is 10.2 Å². The molecule has 98 valence electrons. The second-order valence-corrected chi connectivity index (χ2v) is 6.01. The van der Waals surface area contributed by atoms with Crippen LogP contribution >= 0.6 is 11.6 Å². The fourth-order valence-corrected chi connectivity index (χ4v) is 2.37. The zero-order valence-electron chi connectivity index (χ0n) is 10.9. The minimum absolute atomic E-state index is 0.0865. The standard InChI is InChI=1S/C14H19ClN2O/c1-14(2)9-16-7-8-17(10-14)13(18)11-3-5-12(15)6-4-11/h3-6,16H,7-10H2,1-2H3. The number of nitrogens with zero attached hydrogens (tertiary/aromatic N) is 1. The Bertz CT molecular complexity index is 428. The highest BCUT2D eigenvalue weighted by atomic mass is 35.5. The van der Waals surface area contributed by atoms with Gasteiger partial charge in [-0.3, -0.25) is 4.79 Å². The van der Waals surface area contributed by atoms with Crippen LogP contribution < -0.4 is 5.32 Å². The third-order valence-electron chi connectivity index (χ3n) is 3.16. The van der Waals surface area contributed by atoms with Crippen LogP contribution in [-0.4, -0.2) is 37.0 Å². The van der Waals surface area contributed by atoms with Crippen molar-refractivity contribution in [2.75, 3.05) is 26.2 Å². The summed E-state index contributed by atoms with van der Waals surface area (Å²) in [5.74, 6) is 0.0865. The predicted octanol–water partition coefficient (Wildman–Crippen LogP) is 2.41. The molecule has 1 aliphatic heterocycles. The molecule has 1 fully saturated rings. The van der Waals surface area contributed by atoms with Gasteiger partial charge in [0, 0.05) is 36.8 Å². The molecule has 1 amide bonds. The SMILES string of the molecule is CC1(C)CNCCN(C(=O)c2ccc(Cl)cc2)C1. The summed E-state index contributed by atoms with van der Waals surface area (Å²) in [6, 6.07) is 7.10. The number of hydrogen-bond acceptors (Lipinski definition) is 2. The minimum atomic E-state index is 0.0865. The predicted molar refractivity (Wildman–Crippen MR) is 74.0 cm³/mol. The third kappa shape index (κ3) is 3.24. The Labute approximate surface area is 113 Å². The number of hydrogen-bond donors (Lipinski definition) is 1. The molecule has 1 heterocycles. The minimum Gasteiger partial charge on any atom is -0.337 e. The Morgan fingerprint density at radius 3 is 2.67 bits per heavy atom. The zero-order chi connectivity index (χ0) is 13.2. The van der Waals surface area contributed by atoms with Gasteiger partial charge in [0.25, 0.3) is 5.91 Å². The lowest BCUT2D eigenvalue weighted by Gasteiger charge is -2.29. The maximum Gasteiger partial charge on any atom is 0.253 e. The Hall–Kier alpha value is -1.06. The molecule has 0 atom stereocenters. The molecule has 18 heavy (non-hydrogen) atoms. The van der Waals surface area contributed by atoms with E-state index < -0.39 is 0 Å². The highest BCUT2D eigenvalue weighted by molar-refractivity contribution is 6.30. The van der Waals surface area contributed by atoms with Crippen molar-refractivity contribution in [3.8, 4) is 0 Å². The highest BCUT2D eigenvalue weighted by Crippen LogP contribution is 2.20. The molecule has 2 rings (SSSR count). The molecular weight excluding hydrogens is 248 g/mol. The molecule has 0 radical (unpaired) electrons. The Kier molecular flexibility index (Phi) is 3.93. The first-order valence-electron chi connectivity index (χ1n) is 6.23. The van der Waals surface area contributed by atoms with E-state index in [1.165, 1.54) is 0 Å². The largest absolute Gasteiger partial charge is 0.337 e. The van der Waals surface area contributed by atoms with Crippen molar-refractivity contribution in [3.63, 3.8) is 0 Å². The van der Waals surface area contributed by atoms with E-state index in [9.17, 15) is 4.79 Å². The molecule has 0 aliphatic carbocycles. The number of carbonyl (C=O) groups excluding carboxylic acids is 1. The Balaban J connectivity index is 2.14. The Morgan fingerprint density at radius 2 is 2.00 bits per heavy atom. The van der Waals surface area contributed by atoms with Crippen molar-refractivity contribution < 1.29 is 4.79 Å². The number of rotatable bonds is 1. The van der Waals surface area contributed by atoms with Crippen LogP contribution in [0.25, 0.3) is 0 Å². The number of benzene rings is 1. The van der Waals surface area contributed by atoms with Gasteiger partial charge in [0.05, 0.1) is 0 Å². The van der Waals surface area contributed by atoms with Gasteiger partial charge in [-0.05, 0) is 29.7 Å². The number of amides is 1. The summed E-state index contributed by atoms with van der Waals surface area (Å²) in [7, 11) is 0. The molecule has 0 aromatic heterocycles. The van der Waals surface area contributed by atoms with Gasteiger partial charge in [-0.15, -0.1) is 0 Å². The number of halogens is 1. The number of nitrogens with one attached hydrogen (secondary N) is 1. The second-order valence-electron chi connectivity index (χ2n) is 5.57. The summed E-state index contributed by atoms with van der Waals surface area (Å²) in [5.41, 5.74) is 0.815. The van der Waals surface area contributed by atoms with E-state index in [4.69, 9.17) is 11.6 Å². The van der Waals surface area contributed by atoms with Crippen LogP contribution in [-0.2, 0) is 0 Å². The van der Waals surface area contributed by atoms with Crippen LogP contribution in [0.5, 0.6) is 0 Å². The molecule has 1 N–H and O–H groups in total. The monoisotopic (exact) mass is 266 g/mol.